The van der Waals surface area contributed by atoms with Gasteiger partial charge in [-0.05, 0) is 50.0 Å². The summed E-state index contributed by atoms with van der Waals surface area (Å²) in [5, 5.41) is 11.2. The van der Waals surface area contributed by atoms with Crippen molar-refractivity contribution in [1.29, 1.82) is 0 Å². The molecule has 0 amide bonds. The smallest absolute Gasteiger partial charge is 0.251 e. The first kappa shape index (κ1) is 25.5. The number of aromatic nitrogens is 1. The molecule has 0 saturated carbocycles. The summed E-state index contributed by atoms with van der Waals surface area (Å²) >= 11 is 0. The number of H-pyrrole nitrogens is 1. The van der Waals surface area contributed by atoms with Crippen molar-refractivity contribution in [3.8, 4) is 5.88 Å². The molecule has 1 heterocycles. The van der Waals surface area contributed by atoms with Gasteiger partial charge >= 0.3 is 0 Å². The second-order valence-electron chi connectivity index (χ2n) is 8.53. The highest BCUT2D eigenvalue weighted by Crippen LogP contribution is 2.33. The number of nitrogens with one attached hydrogen (secondary N) is 2. The van der Waals surface area contributed by atoms with Gasteiger partial charge in [0.1, 0.15) is 0 Å². The van der Waals surface area contributed by atoms with Crippen molar-refractivity contribution in [1.82, 2.24) is 14.6 Å². The van der Waals surface area contributed by atoms with E-state index in [9.17, 15) is 22.3 Å². The van der Waals surface area contributed by atoms with E-state index < -0.39 is 23.0 Å². The fourth-order valence-corrected chi connectivity index (χ4v) is 4.88. The van der Waals surface area contributed by atoms with Crippen LogP contribution in [0.5, 0.6) is 5.88 Å². The van der Waals surface area contributed by atoms with Crippen molar-refractivity contribution in [2.75, 3.05) is 20.6 Å². The largest absolute Gasteiger partial charge is 0.494 e. The van der Waals surface area contributed by atoms with E-state index in [0.29, 0.717) is 33.4 Å². The first-order valence-electron chi connectivity index (χ1n) is 11.1. The minimum absolute atomic E-state index is 0.188. The van der Waals surface area contributed by atoms with Crippen molar-refractivity contribution in [3.05, 3.63) is 89.5 Å². The summed E-state index contributed by atoms with van der Waals surface area (Å²) in [7, 11) is -0.222. The first-order valence-corrected chi connectivity index (χ1v) is 12.6. The van der Waals surface area contributed by atoms with Gasteiger partial charge in [-0.25, -0.2) is 26.9 Å². The van der Waals surface area contributed by atoms with E-state index in [0.717, 1.165) is 12.1 Å². The Bertz CT molecular complexity index is 1480. The van der Waals surface area contributed by atoms with Crippen LogP contribution in [0.25, 0.3) is 10.9 Å². The topological polar surface area (TPSA) is 97.8 Å². The Kier molecular flexibility index (Phi) is 7.48. The summed E-state index contributed by atoms with van der Waals surface area (Å²) < 4.78 is 52.3. The maximum absolute atomic E-state index is 12.6. The van der Waals surface area contributed by atoms with Crippen molar-refractivity contribution < 1.29 is 22.3 Å². The lowest BCUT2D eigenvalue weighted by atomic mass is 10.0. The molecule has 7 nitrogen and oxygen atoms in total. The van der Waals surface area contributed by atoms with Crippen molar-refractivity contribution in [3.63, 3.8) is 0 Å². The van der Waals surface area contributed by atoms with Crippen molar-refractivity contribution in [2.24, 2.45) is 4.99 Å². The van der Waals surface area contributed by atoms with Crippen molar-refractivity contribution >= 4 is 32.3 Å². The molecule has 3 aromatic carbocycles. The van der Waals surface area contributed by atoms with Gasteiger partial charge in [0, 0.05) is 23.0 Å². The number of hydrogen-bond donors (Lipinski definition) is 3. The molecule has 10 heteroatoms. The maximum Gasteiger partial charge on any atom is 0.251 e. The lowest BCUT2D eigenvalue weighted by molar-refractivity contribution is 0.153. The Labute approximate surface area is 208 Å². The fraction of sp³-hybridized carbons (Fsp3) is 0.192. The normalized spacial score (nSPS) is 12.7. The molecular weight excluding hydrogens is 486 g/mol. The van der Waals surface area contributed by atoms with Crippen LogP contribution in [0.4, 0.5) is 14.5 Å². The zero-order valence-electron chi connectivity index (χ0n) is 19.7. The molecule has 0 aliphatic rings. The van der Waals surface area contributed by atoms with E-state index in [1.807, 2.05) is 73.4 Å². The molecule has 3 N–H and O–H groups in total. The number of fused-ring (bicyclic) bond motifs is 1. The Hall–Kier alpha value is -3.60. The van der Waals surface area contributed by atoms with Crippen LogP contribution in [0.3, 0.4) is 0 Å². The minimum Gasteiger partial charge on any atom is -0.494 e. The van der Waals surface area contributed by atoms with Crippen molar-refractivity contribution in [2.45, 2.75) is 17.9 Å². The van der Waals surface area contributed by atoms with Crippen LogP contribution in [-0.2, 0) is 16.6 Å². The average Bonchev–Trinajstić information content (AvgIpc) is 3.17. The maximum atomic E-state index is 12.6. The molecule has 0 radical (unpaired) electrons. The molecule has 0 spiro atoms. The van der Waals surface area contributed by atoms with Crippen LogP contribution in [0.15, 0.2) is 82.7 Å². The zero-order chi connectivity index (χ0) is 25.9. The van der Waals surface area contributed by atoms with E-state index in [4.69, 9.17) is 4.99 Å². The molecule has 36 heavy (non-hydrogen) atoms. The SMILES string of the molecule is CN(C)Cc1ccc(N=C(c2ccccc2)c2c(O)[nH]c3ccc(S(=O)(=O)NCC(F)F)cc23)cc1. The molecule has 4 rings (SSSR count). The van der Waals surface area contributed by atoms with Gasteiger partial charge in [-0.1, -0.05) is 42.5 Å². The molecule has 4 aromatic rings. The first-order chi connectivity index (χ1) is 17.1. The number of alkyl halides is 2. The van der Waals surface area contributed by atoms with Gasteiger partial charge in [0.2, 0.25) is 10.0 Å². The second kappa shape index (κ2) is 10.6. The number of benzene rings is 3. The standard InChI is InChI=1S/C26H26F2N4O3S/c1-32(2)16-17-8-10-19(11-9-17)30-25(18-6-4-3-5-7-18)24-21-14-20(12-13-22(21)31-26(24)33)36(34,35)29-15-23(27)28/h3-14,23,29,31,33H,15-16H2,1-2H3. The lowest BCUT2D eigenvalue weighted by Gasteiger charge is -2.11. The highest BCUT2D eigenvalue weighted by Gasteiger charge is 2.22. The monoisotopic (exact) mass is 512 g/mol. The molecule has 1 aromatic heterocycles. The number of sulfonamides is 1. The number of halogens is 2. The summed E-state index contributed by atoms with van der Waals surface area (Å²) in [6, 6.07) is 21.0. The summed E-state index contributed by atoms with van der Waals surface area (Å²) in [5.74, 6) is -0.188. The Morgan fingerprint density at radius 2 is 1.75 bits per heavy atom. The highest BCUT2D eigenvalue weighted by atomic mass is 32.2. The number of rotatable bonds is 9. The van der Waals surface area contributed by atoms with Crippen LogP contribution in [0.1, 0.15) is 16.7 Å². The molecule has 0 atom stereocenters. The minimum atomic E-state index is -4.19. The third-order valence-corrected chi connectivity index (χ3v) is 6.87. The summed E-state index contributed by atoms with van der Waals surface area (Å²) in [4.78, 5) is 9.53. The second-order valence-corrected chi connectivity index (χ2v) is 10.3. The van der Waals surface area contributed by atoms with Crippen LogP contribution < -0.4 is 4.72 Å². The number of aromatic hydroxyl groups is 1. The zero-order valence-corrected chi connectivity index (χ0v) is 20.6. The van der Waals surface area contributed by atoms with E-state index in [2.05, 4.69) is 9.88 Å². The van der Waals surface area contributed by atoms with Gasteiger partial charge in [-0.2, -0.15) is 0 Å². The highest BCUT2D eigenvalue weighted by molar-refractivity contribution is 7.89. The molecule has 0 saturated heterocycles. The van der Waals surface area contributed by atoms with Gasteiger partial charge in [0.25, 0.3) is 6.43 Å². The molecule has 0 unspecified atom stereocenters. The number of hydrogen-bond acceptors (Lipinski definition) is 5. The van der Waals surface area contributed by atoms with E-state index in [-0.39, 0.29) is 10.8 Å². The summed E-state index contributed by atoms with van der Waals surface area (Å²) in [6.45, 7) is -0.220. The number of aliphatic imine (C=N–C) groups is 1. The summed E-state index contributed by atoms with van der Waals surface area (Å²) in [6.07, 6.45) is -2.82. The quantitative estimate of drug-likeness (QED) is 0.285. The van der Waals surface area contributed by atoms with Crippen LogP contribution in [0.2, 0.25) is 0 Å². The van der Waals surface area contributed by atoms with Crippen LogP contribution >= 0.6 is 0 Å². The Morgan fingerprint density at radius 3 is 2.39 bits per heavy atom. The summed E-state index contributed by atoms with van der Waals surface area (Å²) in [5.41, 5.74) is 3.67. The van der Waals surface area contributed by atoms with Crippen LogP contribution in [0, 0.1) is 0 Å². The third kappa shape index (κ3) is 5.78. The van der Waals surface area contributed by atoms with Crippen LogP contribution in [-0.4, -0.2) is 56.2 Å². The van der Waals surface area contributed by atoms with Gasteiger partial charge in [-0.15, -0.1) is 0 Å². The fourth-order valence-electron chi connectivity index (χ4n) is 3.85. The van der Waals surface area contributed by atoms with E-state index in [1.165, 1.54) is 18.2 Å². The van der Waals surface area contributed by atoms with E-state index >= 15 is 0 Å². The predicted octanol–water partition coefficient (Wildman–Crippen LogP) is 4.65. The van der Waals surface area contributed by atoms with Gasteiger partial charge in [0.15, 0.2) is 5.88 Å². The molecular formula is C26H26F2N4O3S. The predicted molar refractivity (Wildman–Crippen MR) is 137 cm³/mol. The van der Waals surface area contributed by atoms with E-state index in [1.54, 1.807) is 0 Å². The third-order valence-electron chi connectivity index (χ3n) is 5.45. The Morgan fingerprint density at radius 1 is 1.06 bits per heavy atom. The number of nitrogens with zero attached hydrogens (tertiary/aromatic N) is 2. The lowest BCUT2D eigenvalue weighted by Crippen LogP contribution is -2.28. The molecule has 0 bridgehead atoms. The van der Waals surface area contributed by atoms with Gasteiger partial charge < -0.3 is 15.0 Å². The van der Waals surface area contributed by atoms with Gasteiger partial charge in [0.05, 0.1) is 28.4 Å². The molecule has 188 valence electrons. The Balaban J connectivity index is 1.85. The van der Waals surface area contributed by atoms with Gasteiger partial charge in [-0.3, -0.25) is 0 Å². The average molecular weight is 513 g/mol. The number of aromatic amines is 1. The molecule has 0 aliphatic heterocycles. The molecule has 0 fully saturated rings. The molecule has 0 aliphatic carbocycles.